The fourth-order valence-corrected chi connectivity index (χ4v) is 2.13. The maximum absolute atomic E-state index is 11.0. The molecule has 2 aromatic rings. The Morgan fingerprint density at radius 1 is 1.33 bits per heavy atom. The number of H-pyrrole nitrogens is 1. The van der Waals surface area contributed by atoms with Crippen LogP contribution in [-0.4, -0.2) is 12.0 Å². The van der Waals surface area contributed by atoms with Crippen molar-refractivity contribution in [3.8, 4) is 5.75 Å². The van der Waals surface area contributed by atoms with Gasteiger partial charge < -0.3 is 4.74 Å². The number of hydrogen-bond acceptors (Lipinski definition) is 4. The van der Waals surface area contributed by atoms with Gasteiger partial charge in [0.15, 0.2) is 0 Å². The number of nitrogens with zero attached hydrogens (tertiary/aromatic N) is 1. The van der Waals surface area contributed by atoms with Crippen LogP contribution >= 0.6 is 0 Å². The molecule has 0 spiro atoms. The average Bonchev–Trinajstić information content (AvgIpc) is 2.53. The molecule has 21 heavy (non-hydrogen) atoms. The predicted octanol–water partition coefficient (Wildman–Crippen LogP) is 2.98. The summed E-state index contributed by atoms with van der Waals surface area (Å²) < 4.78 is 5.14. The molecule has 6 nitrogen and oxygen atoms in total. The van der Waals surface area contributed by atoms with Crippen LogP contribution in [0.5, 0.6) is 5.75 Å². The number of aromatic amines is 1. The second-order valence-corrected chi connectivity index (χ2v) is 4.57. The number of methoxy groups -OCH3 is 1. The lowest BCUT2D eigenvalue weighted by molar-refractivity contribution is -0.410. The highest BCUT2D eigenvalue weighted by Crippen LogP contribution is 2.26. The lowest BCUT2D eigenvalue weighted by Crippen LogP contribution is -2.19. The highest BCUT2D eigenvalue weighted by Gasteiger charge is 2.24. The molecule has 0 radical (unpaired) electrons. The highest BCUT2D eigenvalue weighted by atomic mass is 16.6. The van der Waals surface area contributed by atoms with Crippen LogP contribution in [0, 0.1) is 10.1 Å². The Bertz CT molecular complexity index is 614. The van der Waals surface area contributed by atoms with Crippen LogP contribution in [0.2, 0.25) is 0 Å². The van der Waals surface area contributed by atoms with Gasteiger partial charge in [-0.2, -0.15) is 0 Å². The molecule has 0 aliphatic rings. The number of hydrogen-bond donors (Lipinski definition) is 1. The van der Waals surface area contributed by atoms with Crippen LogP contribution < -0.4 is 15.0 Å². The zero-order valence-corrected chi connectivity index (χ0v) is 12.0. The molecule has 6 heteroatoms. The summed E-state index contributed by atoms with van der Waals surface area (Å²) in [5.74, 6) is 1.19. The molecule has 0 saturated heterocycles. The number of anilines is 1. The van der Waals surface area contributed by atoms with E-state index in [0.717, 1.165) is 17.7 Å². The lowest BCUT2D eigenvalue weighted by atomic mass is 10.0. The Morgan fingerprint density at radius 3 is 2.62 bits per heavy atom. The number of aromatic nitrogens is 1. The minimum atomic E-state index is -0.403. The second kappa shape index (κ2) is 6.69. The van der Waals surface area contributed by atoms with E-state index >= 15 is 0 Å². The van der Waals surface area contributed by atoms with E-state index in [1.807, 2.05) is 31.2 Å². The van der Waals surface area contributed by atoms with E-state index in [9.17, 15) is 10.1 Å². The first-order chi connectivity index (χ1) is 10.2. The highest BCUT2D eigenvalue weighted by molar-refractivity contribution is 5.52. The maximum atomic E-state index is 11.0. The molecule has 0 saturated carbocycles. The Labute approximate surface area is 122 Å². The van der Waals surface area contributed by atoms with E-state index < -0.39 is 4.92 Å². The van der Waals surface area contributed by atoms with Gasteiger partial charge in [-0.1, -0.05) is 19.1 Å². The SMILES string of the molecule is CC[C@@H](Nc1[nH+]cccc1[N+](=O)[O-])c1ccc(OC)cc1. The second-order valence-electron chi connectivity index (χ2n) is 4.57. The molecule has 0 bridgehead atoms. The molecule has 0 amide bonds. The number of ether oxygens (including phenoxy) is 1. The zero-order chi connectivity index (χ0) is 15.2. The smallest absolute Gasteiger partial charge is 0.357 e. The topological polar surface area (TPSA) is 78.5 Å². The normalized spacial score (nSPS) is 11.7. The van der Waals surface area contributed by atoms with Gasteiger partial charge in [0.2, 0.25) is 0 Å². The third-order valence-corrected chi connectivity index (χ3v) is 3.28. The Hall–Kier alpha value is -2.63. The molecule has 2 rings (SSSR count). The van der Waals surface area contributed by atoms with Crippen LogP contribution in [0.4, 0.5) is 11.5 Å². The van der Waals surface area contributed by atoms with Crippen molar-refractivity contribution in [3.63, 3.8) is 0 Å². The molecule has 1 atom stereocenters. The summed E-state index contributed by atoms with van der Waals surface area (Å²) in [7, 11) is 1.62. The maximum Gasteiger partial charge on any atom is 0.357 e. The van der Waals surface area contributed by atoms with Crippen molar-refractivity contribution in [2.75, 3.05) is 12.4 Å². The van der Waals surface area contributed by atoms with Gasteiger partial charge in [-0.15, -0.1) is 0 Å². The van der Waals surface area contributed by atoms with E-state index in [1.54, 1.807) is 19.4 Å². The van der Waals surface area contributed by atoms with Crippen molar-refractivity contribution < 1.29 is 14.6 Å². The zero-order valence-electron chi connectivity index (χ0n) is 12.0. The third-order valence-electron chi connectivity index (χ3n) is 3.28. The van der Waals surface area contributed by atoms with E-state index in [-0.39, 0.29) is 11.7 Å². The van der Waals surface area contributed by atoms with Crippen molar-refractivity contribution in [1.82, 2.24) is 0 Å². The van der Waals surface area contributed by atoms with Gasteiger partial charge in [-0.3, -0.25) is 15.4 Å². The quantitative estimate of drug-likeness (QED) is 0.654. The summed E-state index contributed by atoms with van der Waals surface area (Å²) in [6.07, 6.45) is 2.46. The van der Waals surface area contributed by atoms with Gasteiger partial charge in [0.1, 0.15) is 11.8 Å². The van der Waals surface area contributed by atoms with Gasteiger partial charge in [0.25, 0.3) is 0 Å². The molecule has 0 aliphatic heterocycles. The summed E-state index contributed by atoms with van der Waals surface area (Å²) in [6.45, 7) is 2.02. The molecule has 0 fully saturated rings. The van der Waals surface area contributed by atoms with Crippen molar-refractivity contribution >= 4 is 11.5 Å². The Morgan fingerprint density at radius 2 is 2.05 bits per heavy atom. The molecular formula is C15H18N3O3+. The number of nitro groups is 1. The van der Waals surface area contributed by atoms with Crippen molar-refractivity contribution in [3.05, 3.63) is 58.3 Å². The van der Waals surface area contributed by atoms with Crippen LogP contribution in [0.3, 0.4) is 0 Å². The third kappa shape index (κ3) is 3.47. The Balaban J connectivity index is 2.24. The molecule has 0 aliphatic carbocycles. The number of pyridine rings is 1. The number of benzene rings is 1. The van der Waals surface area contributed by atoms with Crippen molar-refractivity contribution in [1.29, 1.82) is 0 Å². The summed E-state index contributed by atoms with van der Waals surface area (Å²) >= 11 is 0. The average molecular weight is 288 g/mol. The van der Waals surface area contributed by atoms with Gasteiger partial charge in [0.05, 0.1) is 18.2 Å². The van der Waals surface area contributed by atoms with E-state index in [2.05, 4.69) is 10.3 Å². The van der Waals surface area contributed by atoms with Crippen LogP contribution in [0.15, 0.2) is 42.6 Å². The predicted molar refractivity (Wildman–Crippen MR) is 79.3 cm³/mol. The molecular weight excluding hydrogens is 270 g/mol. The summed E-state index contributed by atoms with van der Waals surface area (Å²) in [6, 6.07) is 10.7. The standard InChI is InChI=1S/C15H17N3O3/c1-3-13(11-6-8-12(21-2)9-7-11)17-15-14(18(19)20)5-4-10-16-15/h4-10,13H,3H2,1-2H3,(H,16,17)/p+1/t13-/m1/s1. The molecule has 2 N–H and O–H groups in total. The molecule has 110 valence electrons. The summed E-state index contributed by atoms with van der Waals surface area (Å²) in [5.41, 5.74) is 1.08. The van der Waals surface area contributed by atoms with Crippen LogP contribution in [0.1, 0.15) is 24.9 Å². The number of rotatable bonds is 6. The fraction of sp³-hybridized carbons (Fsp3) is 0.267. The van der Waals surface area contributed by atoms with E-state index in [1.165, 1.54) is 6.07 Å². The molecule has 1 aromatic heterocycles. The minimum absolute atomic E-state index is 0.0201. The largest absolute Gasteiger partial charge is 0.497 e. The molecule has 1 heterocycles. The first kappa shape index (κ1) is 14.8. The van der Waals surface area contributed by atoms with E-state index in [0.29, 0.717) is 5.82 Å². The minimum Gasteiger partial charge on any atom is -0.497 e. The first-order valence-corrected chi connectivity index (χ1v) is 6.71. The number of nitrogens with one attached hydrogen (secondary N) is 2. The molecule has 1 aromatic carbocycles. The molecule has 0 unspecified atom stereocenters. The summed E-state index contributed by atoms with van der Waals surface area (Å²) in [4.78, 5) is 13.5. The van der Waals surface area contributed by atoms with Crippen molar-refractivity contribution in [2.45, 2.75) is 19.4 Å². The Kier molecular flexibility index (Phi) is 4.71. The van der Waals surface area contributed by atoms with Gasteiger partial charge in [-0.25, -0.2) is 4.98 Å². The van der Waals surface area contributed by atoms with Gasteiger partial charge in [-0.05, 0) is 30.2 Å². The lowest BCUT2D eigenvalue weighted by Gasteiger charge is -2.13. The van der Waals surface area contributed by atoms with Gasteiger partial charge >= 0.3 is 11.5 Å². The first-order valence-electron chi connectivity index (χ1n) is 6.71. The fourth-order valence-electron chi connectivity index (χ4n) is 2.13. The van der Waals surface area contributed by atoms with Crippen molar-refractivity contribution in [2.24, 2.45) is 0 Å². The monoisotopic (exact) mass is 288 g/mol. The van der Waals surface area contributed by atoms with Gasteiger partial charge in [0, 0.05) is 6.07 Å². The van der Waals surface area contributed by atoms with Crippen LogP contribution in [-0.2, 0) is 0 Å². The van der Waals surface area contributed by atoms with E-state index in [4.69, 9.17) is 4.74 Å². The summed E-state index contributed by atoms with van der Waals surface area (Å²) in [5, 5.41) is 14.2. The van der Waals surface area contributed by atoms with Crippen LogP contribution in [0.25, 0.3) is 0 Å².